The summed E-state index contributed by atoms with van der Waals surface area (Å²) >= 11 is 0. The first kappa shape index (κ1) is 19.8. The largest absolute Gasteiger partial charge is 0.494 e. The van der Waals surface area contributed by atoms with Crippen LogP contribution in [0.4, 0.5) is 0 Å². The Balaban J connectivity index is 1.46. The number of hydrogen-bond donors (Lipinski definition) is 2. The number of hydrogen-bond acceptors (Lipinski definition) is 4. The van der Waals surface area contributed by atoms with E-state index in [1.54, 1.807) is 7.05 Å². The Kier molecular flexibility index (Phi) is 7.21. The van der Waals surface area contributed by atoms with Crippen LogP contribution in [0.15, 0.2) is 17.1 Å². The highest BCUT2D eigenvalue weighted by Crippen LogP contribution is 2.35. The van der Waals surface area contributed by atoms with Crippen LogP contribution in [0.1, 0.15) is 44.2 Å². The number of benzene rings is 1. The van der Waals surface area contributed by atoms with Crippen molar-refractivity contribution in [2.24, 2.45) is 10.9 Å². The first-order valence-electron chi connectivity index (χ1n) is 10.2. The Morgan fingerprint density at radius 3 is 2.89 bits per heavy atom. The molecule has 6 heteroatoms. The predicted octanol–water partition coefficient (Wildman–Crippen LogP) is 2.89. The lowest BCUT2D eigenvalue weighted by Crippen LogP contribution is -2.37. The van der Waals surface area contributed by atoms with Gasteiger partial charge in [0.05, 0.1) is 6.61 Å². The molecule has 2 aliphatic rings. The molecule has 1 aromatic rings. The van der Waals surface area contributed by atoms with Gasteiger partial charge in [-0.15, -0.1) is 0 Å². The summed E-state index contributed by atoms with van der Waals surface area (Å²) in [5.74, 6) is 3.50. The van der Waals surface area contributed by atoms with Crippen LogP contribution in [0, 0.1) is 5.92 Å². The Labute approximate surface area is 162 Å². The highest BCUT2D eigenvalue weighted by atomic mass is 16.5. The summed E-state index contributed by atoms with van der Waals surface area (Å²) < 4.78 is 17.4. The number of rotatable bonds is 10. The molecule has 0 amide bonds. The molecule has 150 valence electrons. The first-order valence-corrected chi connectivity index (χ1v) is 10.2. The first-order chi connectivity index (χ1) is 13.2. The summed E-state index contributed by atoms with van der Waals surface area (Å²) in [5.41, 5.74) is 2.31. The minimum atomic E-state index is 0.231. The van der Waals surface area contributed by atoms with Gasteiger partial charge in [-0.1, -0.05) is 0 Å². The van der Waals surface area contributed by atoms with Crippen LogP contribution in [0.2, 0.25) is 0 Å². The zero-order chi connectivity index (χ0) is 19.1. The quantitative estimate of drug-likeness (QED) is 0.374. The van der Waals surface area contributed by atoms with Crippen molar-refractivity contribution >= 4 is 5.96 Å². The third kappa shape index (κ3) is 6.03. The van der Waals surface area contributed by atoms with Crippen molar-refractivity contribution in [2.75, 3.05) is 33.4 Å². The Morgan fingerprint density at radius 2 is 2.15 bits per heavy atom. The molecular weight excluding hydrogens is 342 g/mol. The van der Waals surface area contributed by atoms with E-state index in [9.17, 15) is 0 Å². The summed E-state index contributed by atoms with van der Waals surface area (Å²) in [6.07, 6.45) is 4.82. The van der Waals surface area contributed by atoms with E-state index in [-0.39, 0.29) is 6.10 Å². The molecule has 1 fully saturated rings. The van der Waals surface area contributed by atoms with Gasteiger partial charge in [0.1, 0.15) is 17.6 Å². The lowest BCUT2D eigenvalue weighted by atomic mass is 10.1. The van der Waals surface area contributed by atoms with Crippen molar-refractivity contribution in [1.29, 1.82) is 0 Å². The number of fused-ring (bicyclic) bond motifs is 1. The van der Waals surface area contributed by atoms with Crippen LogP contribution in [0.3, 0.4) is 0 Å². The average Bonchev–Trinajstić information content (AvgIpc) is 3.41. The van der Waals surface area contributed by atoms with Gasteiger partial charge in [-0.3, -0.25) is 4.99 Å². The fourth-order valence-electron chi connectivity index (χ4n) is 3.22. The monoisotopic (exact) mass is 375 g/mol. The maximum Gasteiger partial charge on any atom is 0.191 e. The molecule has 1 aliphatic carbocycles. The van der Waals surface area contributed by atoms with Crippen molar-refractivity contribution in [1.82, 2.24) is 10.6 Å². The maximum atomic E-state index is 5.89. The summed E-state index contributed by atoms with van der Waals surface area (Å²) in [7, 11) is 1.79. The topological polar surface area (TPSA) is 64.1 Å². The number of nitrogens with one attached hydrogen (secondary N) is 2. The molecule has 2 N–H and O–H groups in total. The number of aliphatic imine (C=N–C) groups is 1. The molecule has 6 nitrogen and oxygen atoms in total. The van der Waals surface area contributed by atoms with Gasteiger partial charge in [-0.05, 0) is 51.2 Å². The van der Waals surface area contributed by atoms with Crippen molar-refractivity contribution < 1.29 is 14.2 Å². The molecule has 1 saturated carbocycles. The minimum Gasteiger partial charge on any atom is -0.494 e. The van der Waals surface area contributed by atoms with Gasteiger partial charge in [0.25, 0.3) is 0 Å². The molecule has 0 aromatic heterocycles. The second-order valence-corrected chi connectivity index (χ2v) is 7.36. The van der Waals surface area contributed by atoms with Crippen LogP contribution >= 0.6 is 0 Å². The molecule has 27 heavy (non-hydrogen) atoms. The highest BCUT2D eigenvalue weighted by molar-refractivity contribution is 5.79. The Hall–Kier alpha value is -1.95. The lowest BCUT2D eigenvalue weighted by molar-refractivity contribution is 0.123. The maximum absolute atomic E-state index is 5.89. The van der Waals surface area contributed by atoms with E-state index in [4.69, 9.17) is 14.2 Å². The lowest BCUT2D eigenvalue weighted by Gasteiger charge is -2.15. The third-order valence-electron chi connectivity index (χ3n) is 4.86. The Bertz CT molecular complexity index is 644. The van der Waals surface area contributed by atoms with E-state index in [1.807, 2.05) is 6.92 Å². The van der Waals surface area contributed by atoms with Crippen LogP contribution in [-0.2, 0) is 17.7 Å². The summed E-state index contributed by atoms with van der Waals surface area (Å²) in [5, 5.41) is 6.71. The van der Waals surface area contributed by atoms with Crippen molar-refractivity contribution in [3.05, 3.63) is 23.3 Å². The van der Waals surface area contributed by atoms with Gasteiger partial charge >= 0.3 is 0 Å². The smallest absolute Gasteiger partial charge is 0.191 e. The molecule has 0 radical (unpaired) electrons. The zero-order valence-corrected chi connectivity index (χ0v) is 16.8. The normalized spacial score (nSPS) is 18.8. The van der Waals surface area contributed by atoms with Crippen LogP contribution in [0.5, 0.6) is 11.5 Å². The van der Waals surface area contributed by atoms with E-state index in [0.29, 0.717) is 13.2 Å². The van der Waals surface area contributed by atoms with Gasteiger partial charge in [0.2, 0.25) is 0 Å². The number of guanidine groups is 1. The fraction of sp³-hybridized carbons (Fsp3) is 0.667. The van der Waals surface area contributed by atoms with E-state index in [1.165, 1.54) is 18.4 Å². The van der Waals surface area contributed by atoms with E-state index >= 15 is 0 Å². The summed E-state index contributed by atoms with van der Waals surface area (Å²) in [6.45, 7) is 7.96. The summed E-state index contributed by atoms with van der Waals surface area (Å²) in [4.78, 5) is 4.30. The molecular formula is C21H33N3O3. The molecule has 0 spiro atoms. The second-order valence-electron chi connectivity index (χ2n) is 7.36. The van der Waals surface area contributed by atoms with Gasteiger partial charge in [0.15, 0.2) is 5.96 Å². The highest BCUT2D eigenvalue weighted by Gasteiger charge is 2.22. The molecule has 0 saturated heterocycles. The second kappa shape index (κ2) is 9.83. The van der Waals surface area contributed by atoms with Crippen LogP contribution in [0.25, 0.3) is 0 Å². The molecule has 1 atom stereocenters. The Morgan fingerprint density at radius 1 is 1.30 bits per heavy atom. The zero-order valence-electron chi connectivity index (χ0n) is 16.8. The average molecular weight is 376 g/mol. The number of nitrogens with zero attached hydrogens (tertiary/aromatic N) is 1. The summed E-state index contributed by atoms with van der Waals surface area (Å²) in [6, 6.07) is 4.21. The molecule has 0 bridgehead atoms. The van der Waals surface area contributed by atoms with E-state index in [2.05, 4.69) is 34.7 Å². The van der Waals surface area contributed by atoms with Crippen molar-refractivity contribution in [2.45, 2.75) is 52.2 Å². The van der Waals surface area contributed by atoms with Crippen LogP contribution < -0.4 is 20.1 Å². The molecule has 1 heterocycles. The standard InChI is InChI=1S/C21H33N3O3/c1-4-26-19-11-17-10-15(2)27-20(17)12-18(19)13-24-21(22-3)23-8-5-9-25-14-16-6-7-16/h11-12,15-16H,4-10,13-14H2,1-3H3,(H2,22,23,24). The van der Waals surface area contributed by atoms with Gasteiger partial charge in [-0.25, -0.2) is 0 Å². The van der Waals surface area contributed by atoms with E-state index in [0.717, 1.165) is 61.5 Å². The third-order valence-corrected chi connectivity index (χ3v) is 4.86. The van der Waals surface area contributed by atoms with Crippen LogP contribution in [-0.4, -0.2) is 45.5 Å². The molecule has 3 rings (SSSR count). The van der Waals surface area contributed by atoms with Gasteiger partial charge in [0, 0.05) is 50.9 Å². The van der Waals surface area contributed by atoms with E-state index < -0.39 is 0 Å². The minimum absolute atomic E-state index is 0.231. The molecule has 1 aromatic carbocycles. The molecule has 1 aliphatic heterocycles. The fourth-order valence-corrected chi connectivity index (χ4v) is 3.22. The van der Waals surface area contributed by atoms with Crippen molar-refractivity contribution in [3.63, 3.8) is 0 Å². The van der Waals surface area contributed by atoms with Gasteiger partial charge < -0.3 is 24.8 Å². The molecule has 1 unspecified atom stereocenters. The predicted molar refractivity (Wildman–Crippen MR) is 108 cm³/mol. The number of ether oxygens (including phenoxy) is 3. The van der Waals surface area contributed by atoms with Gasteiger partial charge in [-0.2, -0.15) is 0 Å². The van der Waals surface area contributed by atoms with Crippen molar-refractivity contribution in [3.8, 4) is 11.5 Å². The SMILES string of the molecule is CCOc1cc2c(cc1CNC(=NC)NCCCOCC1CC1)OC(C)C2.